The summed E-state index contributed by atoms with van der Waals surface area (Å²) < 4.78 is 11.3. The summed E-state index contributed by atoms with van der Waals surface area (Å²) in [4.78, 5) is 2.37. The fourth-order valence-corrected chi connectivity index (χ4v) is 2.87. The molecule has 0 amide bonds. The lowest BCUT2D eigenvalue weighted by atomic mass is 10.0. The van der Waals surface area contributed by atoms with E-state index in [1.807, 2.05) is 49.4 Å². The molecule has 0 spiro atoms. The molecule has 1 atom stereocenters. The molecule has 0 radical (unpaired) electrons. The Labute approximate surface area is 144 Å². The topological polar surface area (TPSA) is 21.7 Å². The summed E-state index contributed by atoms with van der Waals surface area (Å²) >= 11 is 0. The van der Waals surface area contributed by atoms with Crippen LogP contribution < -0.4 is 4.74 Å². The van der Waals surface area contributed by atoms with E-state index in [0.29, 0.717) is 6.61 Å². The van der Waals surface area contributed by atoms with Crippen molar-refractivity contribution in [2.45, 2.75) is 13.0 Å². The number of rotatable bonds is 4. The molecular weight excluding hydrogens is 298 g/mol. The fourth-order valence-electron chi connectivity index (χ4n) is 2.87. The van der Waals surface area contributed by atoms with E-state index in [2.05, 4.69) is 28.9 Å². The predicted molar refractivity (Wildman–Crippen MR) is 96.1 cm³/mol. The van der Waals surface area contributed by atoms with E-state index < -0.39 is 0 Å². The lowest BCUT2D eigenvalue weighted by Crippen LogP contribution is -2.38. The minimum atomic E-state index is 0.0110. The number of benzene rings is 2. The van der Waals surface area contributed by atoms with Crippen LogP contribution >= 0.6 is 0 Å². The minimum Gasteiger partial charge on any atom is -0.493 e. The number of hydrogen-bond acceptors (Lipinski definition) is 3. The first-order valence-electron chi connectivity index (χ1n) is 8.48. The Morgan fingerprint density at radius 2 is 1.75 bits per heavy atom. The van der Waals surface area contributed by atoms with Gasteiger partial charge in [0.15, 0.2) is 0 Å². The van der Waals surface area contributed by atoms with Crippen LogP contribution in [0.4, 0.5) is 0 Å². The zero-order valence-corrected chi connectivity index (χ0v) is 14.1. The molecule has 124 valence electrons. The Kier molecular flexibility index (Phi) is 5.90. The maximum atomic E-state index is 5.84. The normalized spacial score (nSPS) is 16.0. The van der Waals surface area contributed by atoms with Crippen molar-refractivity contribution in [3.05, 3.63) is 65.7 Å². The Morgan fingerprint density at radius 1 is 1.04 bits per heavy atom. The van der Waals surface area contributed by atoms with Crippen molar-refractivity contribution >= 4 is 0 Å². The van der Waals surface area contributed by atoms with Crippen molar-refractivity contribution in [3.8, 4) is 17.6 Å². The van der Waals surface area contributed by atoms with Crippen LogP contribution in [0.2, 0.25) is 0 Å². The third kappa shape index (κ3) is 4.17. The zero-order valence-electron chi connectivity index (χ0n) is 14.1. The Hall–Kier alpha value is -2.28. The average Bonchev–Trinajstić information content (AvgIpc) is 2.65. The summed E-state index contributed by atoms with van der Waals surface area (Å²) in [5.41, 5.74) is 2.16. The number of hydrogen-bond donors (Lipinski definition) is 0. The van der Waals surface area contributed by atoms with Gasteiger partial charge in [-0.1, -0.05) is 48.2 Å². The lowest BCUT2D eigenvalue weighted by Gasteiger charge is -2.32. The summed E-state index contributed by atoms with van der Waals surface area (Å²) in [7, 11) is 0. The van der Waals surface area contributed by atoms with Crippen LogP contribution in [0.3, 0.4) is 0 Å². The minimum absolute atomic E-state index is 0.0110. The molecule has 0 saturated carbocycles. The van der Waals surface area contributed by atoms with Crippen LogP contribution in [0, 0.1) is 11.8 Å². The van der Waals surface area contributed by atoms with E-state index in [9.17, 15) is 0 Å². The van der Waals surface area contributed by atoms with Gasteiger partial charge < -0.3 is 9.47 Å². The van der Waals surface area contributed by atoms with Gasteiger partial charge in [-0.25, -0.2) is 0 Å². The quantitative estimate of drug-likeness (QED) is 0.805. The van der Waals surface area contributed by atoms with Gasteiger partial charge in [-0.15, -0.1) is 0 Å². The van der Waals surface area contributed by atoms with Crippen LogP contribution in [-0.4, -0.2) is 37.8 Å². The molecule has 3 rings (SSSR count). The Balaban J connectivity index is 1.95. The number of ether oxygens (including phenoxy) is 2. The Bertz CT molecular complexity index is 697. The predicted octanol–water partition coefficient (Wildman–Crippen LogP) is 3.51. The van der Waals surface area contributed by atoms with Gasteiger partial charge in [0.1, 0.15) is 11.8 Å². The zero-order chi connectivity index (χ0) is 16.6. The van der Waals surface area contributed by atoms with Crippen LogP contribution in [-0.2, 0) is 4.74 Å². The van der Waals surface area contributed by atoms with Gasteiger partial charge in [-0.3, -0.25) is 4.90 Å². The molecule has 0 aromatic heterocycles. The summed E-state index contributed by atoms with van der Waals surface area (Å²) in [6.45, 7) is 5.93. The first-order valence-corrected chi connectivity index (χ1v) is 8.48. The SMILES string of the molecule is CCOc1ccccc1C(C#Cc1ccccc1)N1CCOCC1. The summed E-state index contributed by atoms with van der Waals surface area (Å²) in [5, 5.41) is 0. The first-order chi connectivity index (χ1) is 11.9. The summed E-state index contributed by atoms with van der Waals surface area (Å²) in [6, 6.07) is 18.3. The maximum Gasteiger partial charge on any atom is 0.125 e. The van der Waals surface area contributed by atoms with E-state index in [0.717, 1.165) is 43.2 Å². The number of nitrogens with zero attached hydrogens (tertiary/aromatic N) is 1. The summed E-state index contributed by atoms with van der Waals surface area (Å²) in [6.07, 6.45) is 0. The fraction of sp³-hybridized carbons (Fsp3) is 0.333. The molecule has 2 aromatic rings. The van der Waals surface area contributed by atoms with E-state index in [4.69, 9.17) is 9.47 Å². The highest BCUT2D eigenvalue weighted by atomic mass is 16.5. The Morgan fingerprint density at radius 3 is 2.50 bits per heavy atom. The van der Waals surface area contributed by atoms with E-state index in [-0.39, 0.29) is 6.04 Å². The van der Waals surface area contributed by atoms with Gasteiger partial charge >= 0.3 is 0 Å². The molecule has 0 bridgehead atoms. The molecule has 1 unspecified atom stereocenters. The van der Waals surface area contributed by atoms with E-state index in [1.54, 1.807) is 0 Å². The van der Waals surface area contributed by atoms with Crippen LogP contribution in [0.15, 0.2) is 54.6 Å². The molecule has 3 heteroatoms. The second-order valence-corrected chi connectivity index (χ2v) is 5.66. The molecule has 1 fully saturated rings. The third-order valence-electron chi connectivity index (χ3n) is 4.05. The first kappa shape index (κ1) is 16.6. The standard InChI is InChI=1S/C21H23NO2/c1-2-24-21-11-7-6-10-19(21)20(22-14-16-23-17-15-22)13-12-18-8-4-3-5-9-18/h3-11,20H,2,14-17H2,1H3. The maximum absolute atomic E-state index is 5.84. The largest absolute Gasteiger partial charge is 0.493 e. The third-order valence-corrected chi connectivity index (χ3v) is 4.05. The van der Waals surface area contributed by atoms with Crippen LogP contribution in [0.1, 0.15) is 24.1 Å². The summed E-state index contributed by atoms with van der Waals surface area (Å²) in [5.74, 6) is 7.70. The molecule has 1 saturated heterocycles. The highest BCUT2D eigenvalue weighted by Gasteiger charge is 2.23. The molecular formula is C21H23NO2. The number of para-hydroxylation sites is 1. The molecule has 1 aliphatic heterocycles. The van der Waals surface area contributed by atoms with Gasteiger partial charge in [0, 0.05) is 24.2 Å². The van der Waals surface area contributed by atoms with Crippen LogP contribution in [0.5, 0.6) is 5.75 Å². The molecule has 1 aliphatic rings. The van der Waals surface area contributed by atoms with Gasteiger partial charge in [-0.2, -0.15) is 0 Å². The second-order valence-electron chi connectivity index (χ2n) is 5.66. The van der Waals surface area contributed by atoms with Gasteiger partial charge in [-0.05, 0) is 25.1 Å². The van der Waals surface area contributed by atoms with Crippen molar-refractivity contribution < 1.29 is 9.47 Å². The number of morpholine rings is 1. The highest BCUT2D eigenvalue weighted by Crippen LogP contribution is 2.29. The van der Waals surface area contributed by atoms with Crippen molar-refractivity contribution in [1.29, 1.82) is 0 Å². The lowest BCUT2D eigenvalue weighted by molar-refractivity contribution is 0.0265. The molecule has 0 N–H and O–H groups in total. The van der Waals surface area contributed by atoms with Gasteiger partial charge in [0.25, 0.3) is 0 Å². The van der Waals surface area contributed by atoms with Crippen molar-refractivity contribution in [2.24, 2.45) is 0 Å². The van der Waals surface area contributed by atoms with Crippen LogP contribution in [0.25, 0.3) is 0 Å². The van der Waals surface area contributed by atoms with Crippen molar-refractivity contribution in [2.75, 3.05) is 32.9 Å². The second kappa shape index (κ2) is 8.54. The monoisotopic (exact) mass is 321 g/mol. The smallest absolute Gasteiger partial charge is 0.125 e. The van der Waals surface area contributed by atoms with Gasteiger partial charge in [0.05, 0.1) is 19.8 Å². The highest BCUT2D eigenvalue weighted by molar-refractivity contribution is 5.43. The van der Waals surface area contributed by atoms with Crippen molar-refractivity contribution in [1.82, 2.24) is 4.90 Å². The molecule has 24 heavy (non-hydrogen) atoms. The van der Waals surface area contributed by atoms with Crippen molar-refractivity contribution in [3.63, 3.8) is 0 Å². The molecule has 0 aliphatic carbocycles. The van der Waals surface area contributed by atoms with E-state index in [1.165, 1.54) is 0 Å². The van der Waals surface area contributed by atoms with Gasteiger partial charge in [0.2, 0.25) is 0 Å². The van der Waals surface area contributed by atoms with E-state index >= 15 is 0 Å². The molecule has 3 nitrogen and oxygen atoms in total. The average molecular weight is 321 g/mol. The molecule has 2 aromatic carbocycles. The molecule has 1 heterocycles.